The molecule has 6 heteroatoms. The van der Waals surface area contributed by atoms with Crippen LogP contribution in [0.5, 0.6) is 0 Å². The number of carbonyl (C=O) groups is 1. The van der Waals surface area contributed by atoms with Crippen LogP contribution in [0.15, 0.2) is 12.1 Å². The van der Waals surface area contributed by atoms with E-state index in [9.17, 15) is 9.90 Å². The molecule has 1 unspecified atom stereocenters. The van der Waals surface area contributed by atoms with Crippen molar-refractivity contribution < 1.29 is 15.0 Å². The summed E-state index contributed by atoms with van der Waals surface area (Å²) in [5, 5.41) is 19.8. The average molecular weight is 222 g/mol. The van der Waals surface area contributed by atoms with Crippen LogP contribution in [0.2, 0.25) is 4.34 Å². The standard InChI is InChI=1S/C7H8ClNO3S/c8-6-2-1-5(13-6)4(10)3-9-7(11)12/h1-2,4,9-10H,3H2,(H,11,12). The summed E-state index contributed by atoms with van der Waals surface area (Å²) in [4.78, 5) is 10.7. The predicted molar refractivity (Wildman–Crippen MR) is 50.3 cm³/mol. The van der Waals surface area contributed by atoms with Crippen molar-refractivity contribution in [2.75, 3.05) is 6.54 Å². The lowest BCUT2D eigenvalue weighted by Gasteiger charge is -2.06. The number of carboxylic acid groups (broad SMARTS) is 1. The van der Waals surface area contributed by atoms with Gasteiger partial charge in [-0.15, -0.1) is 11.3 Å². The Morgan fingerprint density at radius 2 is 2.38 bits per heavy atom. The zero-order valence-electron chi connectivity index (χ0n) is 6.53. The highest BCUT2D eigenvalue weighted by Gasteiger charge is 2.10. The predicted octanol–water partition coefficient (Wildman–Crippen LogP) is 1.70. The fourth-order valence-corrected chi connectivity index (χ4v) is 1.84. The maximum atomic E-state index is 10.1. The van der Waals surface area contributed by atoms with Gasteiger partial charge in [-0.1, -0.05) is 11.6 Å². The van der Waals surface area contributed by atoms with Gasteiger partial charge in [0.25, 0.3) is 0 Å². The lowest BCUT2D eigenvalue weighted by molar-refractivity contribution is 0.161. The SMILES string of the molecule is O=C(O)NCC(O)c1ccc(Cl)s1. The van der Waals surface area contributed by atoms with E-state index in [1.54, 1.807) is 12.1 Å². The van der Waals surface area contributed by atoms with E-state index >= 15 is 0 Å². The summed E-state index contributed by atoms with van der Waals surface area (Å²) in [5.74, 6) is 0. The smallest absolute Gasteiger partial charge is 0.404 e. The quantitative estimate of drug-likeness (QED) is 0.728. The van der Waals surface area contributed by atoms with Gasteiger partial charge >= 0.3 is 6.09 Å². The van der Waals surface area contributed by atoms with Crippen molar-refractivity contribution >= 4 is 29.0 Å². The van der Waals surface area contributed by atoms with Crippen LogP contribution in [0.4, 0.5) is 4.79 Å². The number of aliphatic hydroxyl groups is 1. The van der Waals surface area contributed by atoms with E-state index in [-0.39, 0.29) is 6.54 Å². The number of halogens is 1. The van der Waals surface area contributed by atoms with Crippen molar-refractivity contribution in [1.29, 1.82) is 0 Å². The maximum absolute atomic E-state index is 10.1. The number of thiophene rings is 1. The molecule has 0 radical (unpaired) electrons. The topological polar surface area (TPSA) is 69.6 Å². The minimum absolute atomic E-state index is 0.0217. The van der Waals surface area contributed by atoms with Gasteiger partial charge in [0.15, 0.2) is 0 Å². The normalized spacial score (nSPS) is 12.5. The summed E-state index contributed by atoms with van der Waals surface area (Å²) in [6.45, 7) is -0.0217. The molecule has 0 spiro atoms. The largest absolute Gasteiger partial charge is 0.465 e. The number of hydrogen-bond acceptors (Lipinski definition) is 3. The molecule has 13 heavy (non-hydrogen) atoms. The number of aliphatic hydroxyl groups excluding tert-OH is 1. The van der Waals surface area contributed by atoms with E-state index in [2.05, 4.69) is 5.32 Å². The van der Waals surface area contributed by atoms with Crippen LogP contribution in [-0.4, -0.2) is 22.9 Å². The molecule has 0 aliphatic rings. The highest BCUT2D eigenvalue weighted by atomic mass is 35.5. The summed E-state index contributed by atoms with van der Waals surface area (Å²) in [6.07, 6.45) is -1.98. The number of hydrogen-bond donors (Lipinski definition) is 3. The molecule has 1 heterocycles. The monoisotopic (exact) mass is 221 g/mol. The minimum Gasteiger partial charge on any atom is -0.465 e. The van der Waals surface area contributed by atoms with Crippen LogP contribution in [-0.2, 0) is 0 Å². The zero-order valence-corrected chi connectivity index (χ0v) is 8.10. The Hall–Kier alpha value is -0.780. The van der Waals surface area contributed by atoms with E-state index in [0.717, 1.165) is 0 Å². The van der Waals surface area contributed by atoms with Gasteiger partial charge in [0.2, 0.25) is 0 Å². The average Bonchev–Trinajstić information content (AvgIpc) is 2.47. The summed E-state index contributed by atoms with van der Waals surface area (Å²) >= 11 is 6.87. The Bertz CT molecular complexity index is 302. The first kappa shape index (κ1) is 10.3. The molecular formula is C7H8ClNO3S. The lowest BCUT2D eigenvalue weighted by atomic mass is 10.3. The van der Waals surface area contributed by atoms with Crippen molar-refractivity contribution in [3.63, 3.8) is 0 Å². The van der Waals surface area contributed by atoms with Crippen molar-refractivity contribution in [3.8, 4) is 0 Å². The number of nitrogens with one attached hydrogen (secondary N) is 1. The van der Waals surface area contributed by atoms with E-state index in [1.807, 2.05) is 0 Å². The Labute approximate surface area is 83.8 Å². The fraction of sp³-hybridized carbons (Fsp3) is 0.286. The first-order chi connectivity index (χ1) is 6.09. The van der Waals surface area contributed by atoms with Crippen LogP contribution in [0.1, 0.15) is 11.0 Å². The Morgan fingerprint density at radius 1 is 1.69 bits per heavy atom. The Balaban J connectivity index is 2.48. The maximum Gasteiger partial charge on any atom is 0.404 e. The summed E-state index contributed by atoms with van der Waals surface area (Å²) in [7, 11) is 0. The molecule has 0 aliphatic heterocycles. The Morgan fingerprint density at radius 3 is 2.85 bits per heavy atom. The fourth-order valence-electron chi connectivity index (χ4n) is 0.792. The van der Waals surface area contributed by atoms with Crippen LogP contribution < -0.4 is 5.32 Å². The molecule has 4 nitrogen and oxygen atoms in total. The highest BCUT2D eigenvalue weighted by molar-refractivity contribution is 7.16. The molecule has 0 aromatic carbocycles. The second-order valence-corrected chi connectivity index (χ2v) is 4.09. The molecule has 0 saturated heterocycles. The first-order valence-electron chi connectivity index (χ1n) is 3.49. The molecule has 1 rings (SSSR count). The van der Waals surface area contributed by atoms with E-state index < -0.39 is 12.2 Å². The van der Waals surface area contributed by atoms with Crippen LogP contribution in [0.3, 0.4) is 0 Å². The zero-order chi connectivity index (χ0) is 9.84. The van der Waals surface area contributed by atoms with Gasteiger partial charge in [0.05, 0.1) is 10.9 Å². The highest BCUT2D eigenvalue weighted by Crippen LogP contribution is 2.26. The third-order valence-corrected chi connectivity index (χ3v) is 2.70. The van der Waals surface area contributed by atoms with Crippen LogP contribution in [0, 0.1) is 0 Å². The molecule has 72 valence electrons. The van der Waals surface area contributed by atoms with Gasteiger partial charge in [-0.25, -0.2) is 4.79 Å². The first-order valence-corrected chi connectivity index (χ1v) is 4.69. The van der Waals surface area contributed by atoms with Crippen molar-refractivity contribution in [3.05, 3.63) is 21.3 Å². The van der Waals surface area contributed by atoms with E-state index in [0.29, 0.717) is 9.21 Å². The van der Waals surface area contributed by atoms with Crippen molar-refractivity contribution in [2.45, 2.75) is 6.10 Å². The molecular weight excluding hydrogens is 214 g/mol. The van der Waals surface area contributed by atoms with Crippen LogP contribution >= 0.6 is 22.9 Å². The van der Waals surface area contributed by atoms with Gasteiger partial charge in [-0.3, -0.25) is 0 Å². The minimum atomic E-state index is -1.15. The summed E-state index contributed by atoms with van der Waals surface area (Å²) in [5.41, 5.74) is 0. The number of amides is 1. The molecule has 3 N–H and O–H groups in total. The third-order valence-electron chi connectivity index (χ3n) is 1.37. The van der Waals surface area contributed by atoms with Gasteiger partial charge in [-0.05, 0) is 12.1 Å². The van der Waals surface area contributed by atoms with E-state index in [1.165, 1.54) is 11.3 Å². The molecule has 0 fully saturated rings. The van der Waals surface area contributed by atoms with Crippen molar-refractivity contribution in [1.82, 2.24) is 5.32 Å². The second kappa shape index (κ2) is 4.45. The van der Waals surface area contributed by atoms with Gasteiger partial charge < -0.3 is 15.5 Å². The molecule has 0 bridgehead atoms. The third kappa shape index (κ3) is 3.22. The van der Waals surface area contributed by atoms with Gasteiger partial charge in [-0.2, -0.15) is 0 Å². The van der Waals surface area contributed by atoms with E-state index in [4.69, 9.17) is 16.7 Å². The Kier molecular flexibility index (Phi) is 3.53. The van der Waals surface area contributed by atoms with Gasteiger partial charge in [0.1, 0.15) is 6.10 Å². The molecule has 0 saturated carbocycles. The van der Waals surface area contributed by atoms with Crippen LogP contribution in [0.25, 0.3) is 0 Å². The molecule has 1 aromatic rings. The summed E-state index contributed by atoms with van der Waals surface area (Å²) < 4.78 is 0.573. The summed E-state index contributed by atoms with van der Waals surface area (Å²) in [6, 6.07) is 3.33. The second-order valence-electron chi connectivity index (χ2n) is 2.34. The van der Waals surface area contributed by atoms with Crippen molar-refractivity contribution in [2.24, 2.45) is 0 Å². The molecule has 0 aliphatic carbocycles. The van der Waals surface area contributed by atoms with Gasteiger partial charge in [0, 0.05) is 4.88 Å². The molecule has 1 atom stereocenters. The lowest BCUT2D eigenvalue weighted by Crippen LogP contribution is -2.26. The molecule has 1 aromatic heterocycles. The molecule has 1 amide bonds. The number of rotatable bonds is 3.